The first-order valence-electron chi connectivity index (χ1n) is 9.57. The van der Waals surface area contributed by atoms with Crippen molar-refractivity contribution in [2.24, 2.45) is 0 Å². The molecule has 0 spiro atoms. The number of hydrogen-bond donors (Lipinski definition) is 0. The molecule has 1 aliphatic heterocycles. The van der Waals surface area contributed by atoms with Crippen LogP contribution in [-0.4, -0.2) is 41.2 Å². The molecule has 2 aromatic heterocycles. The Kier molecular flexibility index (Phi) is 6.02. The molecule has 1 aromatic carbocycles. The second-order valence-corrected chi connectivity index (χ2v) is 9.66. The van der Waals surface area contributed by atoms with Gasteiger partial charge in [-0.15, -0.1) is 10.2 Å². The number of thioether (sulfide) groups is 1. The minimum atomic E-state index is -3.51. The number of aromatic nitrogens is 3. The molecule has 1 saturated heterocycles. The molecule has 154 valence electrons. The van der Waals surface area contributed by atoms with Crippen molar-refractivity contribution in [1.29, 1.82) is 0 Å². The lowest BCUT2D eigenvalue weighted by atomic mass is 10.2. The average Bonchev–Trinajstić information content (AvgIpc) is 3.42. The fraction of sp³-hybridized carbons (Fsp3) is 0.421. The van der Waals surface area contributed by atoms with Crippen LogP contribution in [0.4, 0.5) is 0 Å². The average molecular weight is 435 g/mol. The highest BCUT2D eigenvalue weighted by Crippen LogP contribution is 2.28. The third-order valence-corrected chi connectivity index (χ3v) is 7.48. The highest BCUT2D eigenvalue weighted by molar-refractivity contribution is 7.98. The molecule has 0 saturated carbocycles. The van der Waals surface area contributed by atoms with Gasteiger partial charge in [-0.25, -0.2) is 8.42 Å². The van der Waals surface area contributed by atoms with Gasteiger partial charge in [-0.3, -0.25) is 0 Å². The van der Waals surface area contributed by atoms with Gasteiger partial charge >= 0.3 is 0 Å². The monoisotopic (exact) mass is 434 g/mol. The van der Waals surface area contributed by atoms with Crippen LogP contribution in [0.2, 0.25) is 0 Å². The van der Waals surface area contributed by atoms with Gasteiger partial charge in [0.05, 0.1) is 16.3 Å². The molecule has 10 heteroatoms. The molecule has 4 rings (SSSR count). The number of nitrogens with zero attached hydrogens (tertiary/aromatic N) is 4. The molecular weight excluding hydrogens is 412 g/mol. The molecule has 0 radical (unpaired) electrons. The SMILES string of the molecule is CCc1cc(CSc2nnc(-c3cccc(S(=O)(=O)N4CCCCC4)c3)o2)on1. The van der Waals surface area contributed by atoms with Crippen molar-refractivity contribution in [2.45, 2.75) is 48.5 Å². The van der Waals surface area contributed by atoms with Crippen molar-refractivity contribution in [1.82, 2.24) is 19.7 Å². The summed E-state index contributed by atoms with van der Waals surface area (Å²) >= 11 is 1.34. The Bertz CT molecular complexity index is 1070. The fourth-order valence-electron chi connectivity index (χ4n) is 3.15. The van der Waals surface area contributed by atoms with Gasteiger partial charge in [0.2, 0.25) is 15.9 Å². The predicted molar refractivity (Wildman–Crippen MR) is 108 cm³/mol. The van der Waals surface area contributed by atoms with E-state index in [2.05, 4.69) is 15.4 Å². The van der Waals surface area contributed by atoms with Gasteiger partial charge in [0.1, 0.15) is 5.76 Å². The Balaban J connectivity index is 1.48. The first kappa shape index (κ1) is 20.1. The molecule has 0 bridgehead atoms. The number of hydrogen-bond acceptors (Lipinski definition) is 8. The smallest absolute Gasteiger partial charge is 0.277 e. The number of benzene rings is 1. The van der Waals surface area contributed by atoms with Crippen molar-refractivity contribution in [3.63, 3.8) is 0 Å². The highest BCUT2D eigenvalue weighted by Gasteiger charge is 2.26. The van der Waals surface area contributed by atoms with Crippen LogP contribution in [0.3, 0.4) is 0 Å². The summed E-state index contributed by atoms with van der Waals surface area (Å²) in [6.07, 6.45) is 3.68. The van der Waals surface area contributed by atoms with Crippen LogP contribution in [0.5, 0.6) is 0 Å². The molecule has 3 aromatic rings. The van der Waals surface area contributed by atoms with E-state index in [9.17, 15) is 8.42 Å². The summed E-state index contributed by atoms with van der Waals surface area (Å²) in [5.41, 5.74) is 1.48. The first-order chi connectivity index (χ1) is 14.1. The van der Waals surface area contributed by atoms with Gasteiger partial charge in [0, 0.05) is 24.7 Å². The van der Waals surface area contributed by atoms with E-state index in [0.29, 0.717) is 29.6 Å². The third kappa shape index (κ3) is 4.54. The van der Waals surface area contributed by atoms with Gasteiger partial charge < -0.3 is 8.94 Å². The van der Waals surface area contributed by atoms with E-state index >= 15 is 0 Å². The summed E-state index contributed by atoms with van der Waals surface area (Å²) in [6, 6.07) is 8.56. The van der Waals surface area contributed by atoms with Crippen LogP contribution in [0.15, 0.2) is 49.4 Å². The Morgan fingerprint density at radius 3 is 2.72 bits per heavy atom. The normalized spacial score (nSPS) is 15.6. The van der Waals surface area contributed by atoms with E-state index in [4.69, 9.17) is 8.94 Å². The lowest BCUT2D eigenvalue weighted by Crippen LogP contribution is -2.35. The molecule has 3 heterocycles. The maximum absolute atomic E-state index is 12.9. The summed E-state index contributed by atoms with van der Waals surface area (Å²) in [5, 5.41) is 12.4. The van der Waals surface area contributed by atoms with Crippen molar-refractivity contribution in [3.8, 4) is 11.5 Å². The van der Waals surface area contributed by atoms with Crippen molar-refractivity contribution in [3.05, 3.63) is 41.8 Å². The molecule has 29 heavy (non-hydrogen) atoms. The quantitative estimate of drug-likeness (QED) is 0.518. The van der Waals surface area contributed by atoms with Crippen LogP contribution in [0.1, 0.15) is 37.6 Å². The van der Waals surface area contributed by atoms with Crippen LogP contribution in [0.25, 0.3) is 11.5 Å². The van der Waals surface area contributed by atoms with E-state index < -0.39 is 10.0 Å². The van der Waals surface area contributed by atoms with E-state index in [1.165, 1.54) is 11.8 Å². The van der Waals surface area contributed by atoms with Crippen LogP contribution in [-0.2, 0) is 22.2 Å². The first-order valence-corrected chi connectivity index (χ1v) is 12.0. The van der Waals surface area contributed by atoms with Crippen LogP contribution >= 0.6 is 11.8 Å². The van der Waals surface area contributed by atoms with Gasteiger partial charge in [-0.2, -0.15) is 4.31 Å². The zero-order valence-corrected chi connectivity index (χ0v) is 17.7. The Hall–Kier alpha value is -2.17. The second kappa shape index (κ2) is 8.68. The summed E-state index contributed by atoms with van der Waals surface area (Å²) < 4.78 is 38.3. The summed E-state index contributed by atoms with van der Waals surface area (Å²) in [4.78, 5) is 0.248. The van der Waals surface area contributed by atoms with Crippen molar-refractivity contribution in [2.75, 3.05) is 13.1 Å². The maximum Gasteiger partial charge on any atom is 0.277 e. The van der Waals surface area contributed by atoms with Gasteiger partial charge in [0.25, 0.3) is 5.22 Å². The fourth-order valence-corrected chi connectivity index (χ4v) is 5.35. The Morgan fingerprint density at radius 1 is 1.14 bits per heavy atom. The van der Waals surface area contributed by atoms with E-state index in [-0.39, 0.29) is 10.8 Å². The molecule has 0 amide bonds. The molecule has 1 aliphatic rings. The number of rotatable bonds is 7. The lowest BCUT2D eigenvalue weighted by Gasteiger charge is -2.25. The van der Waals surface area contributed by atoms with Gasteiger partial charge in [-0.05, 0) is 37.5 Å². The molecule has 0 atom stereocenters. The van der Waals surface area contributed by atoms with Gasteiger partial charge in [0.15, 0.2) is 0 Å². The summed E-state index contributed by atoms with van der Waals surface area (Å²) in [5.74, 6) is 1.55. The van der Waals surface area contributed by atoms with E-state index in [1.807, 2.05) is 13.0 Å². The number of piperidine rings is 1. The summed E-state index contributed by atoms with van der Waals surface area (Å²) in [7, 11) is -3.51. The zero-order valence-electron chi connectivity index (χ0n) is 16.1. The standard InChI is InChI=1S/C19H22N4O4S2/c1-2-15-12-16(27-22-15)13-28-19-21-20-18(26-19)14-7-6-8-17(11-14)29(24,25)23-9-4-3-5-10-23/h6-8,11-12H,2-5,9-10,13H2,1H3. The van der Waals surface area contributed by atoms with Gasteiger partial charge in [-0.1, -0.05) is 36.3 Å². The van der Waals surface area contributed by atoms with Crippen LogP contribution in [0, 0.1) is 0 Å². The van der Waals surface area contributed by atoms with Crippen molar-refractivity contribution < 1.29 is 17.4 Å². The van der Waals surface area contributed by atoms with E-state index in [1.54, 1.807) is 28.6 Å². The minimum Gasteiger partial charge on any atom is -0.411 e. The summed E-state index contributed by atoms with van der Waals surface area (Å²) in [6.45, 7) is 3.14. The third-order valence-electron chi connectivity index (χ3n) is 4.75. The largest absolute Gasteiger partial charge is 0.411 e. The molecule has 0 N–H and O–H groups in total. The maximum atomic E-state index is 12.9. The van der Waals surface area contributed by atoms with E-state index in [0.717, 1.165) is 37.1 Å². The molecule has 0 unspecified atom stereocenters. The number of aryl methyl sites for hydroxylation is 1. The van der Waals surface area contributed by atoms with Crippen molar-refractivity contribution >= 4 is 21.8 Å². The Morgan fingerprint density at radius 2 is 1.97 bits per heavy atom. The molecule has 1 fully saturated rings. The predicted octanol–water partition coefficient (Wildman–Crippen LogP) is 3.75. The number of sulfonamides is 1. The molecule has 8 nitrogen and oxygen atoms in total. The highest BCUT2D eigenvalue weighted by atomic mass is 32.2. The molecular formula is C19H22N4O4S2. The van der Waals surface area contributed by atoms with Crippen LogP contribution < -0.4 is 0 Å². The lowest BCUT2D eigenvalue weighted by molar-refractivity contribution is 0.346. The molecule has 0 aliphatic carbocycles. The zero-order chi connectivity index (χ0) is 20.3. The topological polar surface area (TPSA) is 102 Å². The minimum absolute atomic E-state index is 0.248. The second-order valence-electron chi connectivity index (χ2n) is 6.79. The Labute approximate surface area is 173 Å².